The molecule has 3 nitrogen and oxygen atoms in total. The van der Waals surface area contributed by atoms with Gasteiger partial charge in [-0.2, -0.15) is 0 Å². The van der Waals surface area contributed by atoms with E-state index in [1.807, 2.05) is 4.90 Å². The van der Waals surface area contributed by atoms with Gasteiger partial charge >= 0.3 is 0 Å². The lowest BCUT2D eigenvalue weighted by atomic mass is 10.1. The van der Waals surface area contributed by atoms with E-state index in [4.69, 9.17) is 0 Å². The number of rotatable bonds is 3. The van der Waals surface area contributed by atoms with Crippen LogP contribution in [0.5, 0.6) is 0 Å². The summed E-state index contributed by atoms with van der Waals surface area (Å²) < 4.78 is 13.1. The lowest BCUT2D eigenvalue weighted by molar-refractivity contribution is -0.121. The number of piperidine rings is 1. The molecule has 2 rings (SSSR count). The molecule has 96 valence electrons. The topological polar surface area (TPSA) is 37.4 Å². The number of hydrogen-bond acceptors (Lipinski definition) is 3. The van der Waals surface area contributed by atoms with Gasteiger partial charge in [-0.25, -0.2) is 4.39 Å². The minimum atomic E-state index is -0.296. The zero-order valence-corrected chi connectivity index (χ0v) is 10.4. The van der Waals surface area contributed by atoms with Crippen molar-refractivity contribution in [3.63, 3.8) is 0 Å². The molecule has 1 aromatic carbocycles. The molecule has 18 heavy (non-hydrogen) atoms. The molecule has 0 bridgehead atoms. The fourth-order valence-electron chi connectivity index (χ4n) is 2.07. The van der Waals surface area contributed by atoms with E-state index in [9.17, 15) is 14.0 Å². The van der Waals surface area contributed by atoms with Crippen LogP contribution < -0.4 is 0 Å². The lowest BCUT2D eigenvalue weighted by Gasteiger charge is -2.24. The van der Waals surface area contributed by atoms with E-state index in [1.54, 1.807) is 13.0 Å². The number of hydrogen-bond donors (Lipinski definition) is 0. The third-order valence-electron chi connectivity index (χ3n) is 3.26. The summed E-state index contributed by atoms with van der Waals surface area (Å²) >= 11 is 0. The number of aryl methyl sites for hydroxylation is 1. The second kappa shape index (κ2) is 5.40. The van der Waals surface area contributed by atoms with Gasteiger partial charge in [0.2, 0.25) is 0 Å². The SMILES string of the molecule is Cc1cc(C(=O)CN2CCC(=O)CC2)ccc1F. The summed E-state index contributed by atoms with van der Waals surface area (Å²) in [4.78, 5) is 25.1. The molecular formula is C14H16FNO2. The molecule has 0 N–H and O–H groups in total. The van der Waals surface area contributed by atoms with Gasteiger partial charge in [0.1, 0.15) is 11.6 Å². The Balaban J connectivity index is 1.99. The van der Waals surface area contributed by atoms with Crippen LogP contribution in [0.4, 0.5) is 4.39 Å². The molecule has 0 amide bonds. The average molecular weight is 249 g/mol. The number of benzene rings is 1. The first-order chi connectivity index (χ1) is 8.56. The molecule has 0 atom stereocenters. The van der Waals surface area contributed by atoms with Gasteiger partial charge in [0.25, 0.3) is 0 Å². The van der Waals surface area contributed by atoms with Crippen molar-refractivity contribution < 1.29 is 14.0 Å². The van der Waals surface area contributed by atoms with Crippen LogP contribution in [0.15, 0.2) is 18.2 Å². The molecule has 1 fully saturated rings. The Morgan fingerprint density at radius 2 is 2.00 bits per heavy atom. The van der Waals surface area contributed by atoms with Crippen LogP contribution in [-0.4, -0.2) is 36.1 Å². The number of likely N-dealkylation sites (tertiary alicyclic amines) is 1. The van der Waals surface area contributed by atoms with Gasteiger partial charge in [0, 0.05) is 31.5 Å². The highest BCUT2D eigenvalue weighted by Crippen LogP contribution is 2.12. The zero-order chi connectivity index (χ0) is 13.1. The monoisotopic (exact) mass is 249 g/mol. The van der Waals surface area contributed by atoms with Crippen molar-refractivity contribution in [1.29, 1.82) is 0 Å². The van der Waals surface area contributed by atoms with Gasteiger partial charge in [-0.15, -0.1) is 0 Å². The smallest absolute Gasteiger partial charge is 0.176 e. The normalized spacial score (nSPS) is 16.9. The van der Waals surface area contributed by atoms with Crippen molar-refractivity contribution in [2.75, 3.05) is 19.6 Å². The van der Waals surface area contributed by atoms with E-state index in [1.165, 1.54) is 12.1 Å². The van der Waals surface area contributed by atoms with Gasteiger partial charge in [0.15, 0.2) is 5.78 Å². The van der Waals surface area contributed by atoms with Crippen molar-refractivity contribution in [2.24, 2.45) is 0 Å². The summed E-state index contributed by atoms with van der Waals surface area (Å²) in [5.41, 5.74) is 1.01. The number of halogens is 1. The third kappa shape index (κ3) is 3.01. The molecule has 0 radical (unpaired) electrons. The third-order valence-corrected chi connectivity index (χ3v) is 3.26. The largest absolute Gasteiger partial charge is 0.300 e. The Morgan fingerprint density at radius 3 is 2.61 bits per heavy atom. The zero-order valence-electron chi connectivity index (χ0n) is 10.4. The Kier molecular flexibility index (Phi) is 3.87. The van der Waals surface area contributed by atoms with Gasteiger partial charge in [-0.3, -0.25) is 14.5 Å². The van der Waals surface area contributed by atoms with Crippen molar-refractivity contribution >= 4 is 11.6 Å². The Bertz CT molecular complexity index is 475. The Labute approximate surface area is 106 Å². The van der Waals surface area contributed by atoms with Crippen LogP contribution in [0.25, 0.3) is 0 Å². The first kappa shape index (κ1) is 12.9. The van der Waals surface area contributed by atoms with E-state index in [2.05, 4.69) is 0 Å². The van der Waals surface area contributed by atoms with Crippen LogP contribution in [0.2, 0.25) is 0 Å². The maximum absolute atomic E-state index is 13.1. The fraction of sp³-hybridized carbons (Fsp3) is 0.429. The molecule has 4 heteroatoms. The predicted octanol–water partition coefficient (Wildman–Crippen LogP) is 1.98. The van der Waals surface area contributed by atoms with Gasteiger partial charge in [0.05, 0.1) is 6.54 Å². The van der Waals surface area contributed by atoms with E-state index in [0.717, 1.165) is 0 Å². The average Bonchev–Trinajstić information content (AvgIpc) is 2.35. The van der Waals surface area contributed by atoms with Crippen LogP contribution in [0.1, 0.15) is 28.8 Å². The molecular weight excluding hydrogens is 233 g/mol. The van der Waals surface area contributed by atoms with Crippen LogP contribution in [0.3, 0.4) is 0 Å². The second-order valence-electron chi connectivity index (χ2n) is 4.70. The van der Waals surface area contributed by atoms with Gasteiger partial charge in [-0.05, 0) is 30.7 Å². The van der Waals surface area contributed by atoms with Crippen molar-refractivity contribution in [2.45, 2.75) is 19.8 Å². The molecule has 0 aliphatic carbocycles. The molecule has 1 aromatic rings. The van der Waals surface area contributed by atoms with Crippen LogP contribution >= 0.6 is 0 Å². The molecule has 0 saturated carbocycles. The highest BCUT2D eigenvalue weighted by molar-refractivity contribution is 5.97. The quantitative estimate of drug-likeness (QED) is 0.769. The van der Waals surface area contributed by atoms with Crippen LogP contribution in [0, 0.1) is 12.7 Å². The first-order valence-electron chi connectivity index (χ1n) is 6.09. The minimum Gasteiger partial charge on any atom is -0.300 e. The highest BCUT2D eigenvalue weighted by Gasteiger charge is 2.19. The predicted molar refractivity (Wildman–Crippen MR) is 66.1 cm³/mol. The molecule has 1 aliphatic heterocycles. The summed E-state index contributed by atoms with van der Waals surface area (Å²) in [6, 6.07) is 4.41. The summed E-state index contributed by atoms with van der Waals surface area (Å²) in [7, 11) is 0. The number of carbonyl (C=O) groups is 2. The van der Waals surface area contributed by atoms with E-state index in [-0.39, 0.29) is 17.4 Å². The standard InChI is InChI=1S/C14H16FNO2/c1-10-8-11(2-3-13(10)15)14(18)9-16-6-4-12(17)5-7-16/h2-3,8H,4-7,9H2,1H3. The van der Waals surface area contributed by atoms with E-state index in [0.29, 0.717) is 43.6 Å². The first-order valence-corrected chi connectivity index (χ1v) is 6.09. The summed E-state index contributed by atoms with van der Waals surface area (Å²) in [5, 5.41) is 0. The minimum absolute atomic E-state index is 0.0209. The van der Waals surface area contributed by atoms with Gasteiger partial charge in [-0.1, -0.05) is 0 Å². The number of ketones is 2. The fourth-order valence-corrected chi connectivity index (χ4v) is 2.07. The van der Waals surface area contributed by atoms with Crippen molar-refractivity contribution in [3.05, 3.63) is 35.1 Å². The van der Waals surface area contributed by atoms with Crippen molar-refractivity contribution in [3.8, 4) is 0 Å². The number of nitrogens with zero attached hydrogens (tertiary/aromatic N) is 1. The number of carbonyl (C=O) groups excluding carboxylic acids is 2. The van der Waals surface area contributed by atoms with Gasteiger partial charge < -0.3 is 0 Å². The molecule has 0 spiro atoms. The lowest BCUT2D eigenvalue weighted by Crippen LogP contribution is -2.37. The molecule has 1 aliphatic rings. The molecule has 1 saturated heterocycles. The maximum atomic E-state index is 13.1. The number of Topliss-reactive ketones (excluding diaryl/α,β-unsaturated/α-hetero) is 2. The Hall–Kier alpha value is -1.55. The van der Waals surface area contributed by atoms with E-state index >= 15 is 0 Å². The van der Waals surface area contributed by atoms with Crippen molar-refractivity contribution in [1.82, 2.24) is 4.90 Å². The van der Waals surface area contributed by atoms with Crippen LogP contribution in [-0.2, 0) is 4.79 Å². The van der Waals surface area contributed by atoms with E-state index < -0.39 is 0 Å². The summed E-state index contributed by atoms with van der Waals surface area (Å²) in [6.07, 6.45) is 1.05. The summed E-state index contributed by atoms with van der Waals surface area (Å²) in [5.74, 6) is -0.0566. The molecule has 0 unspecified atom stereocenters. The Morgan fingerprint density at radius 1 is 1.33 bits per heavy atom. The second-order valence-corrected chi connectivity index (χ2v) is 4.70. The molecule has 0 aromatic heterocycles. The highest BCUT2D eigenvalue weighted by atomic mass is 19.1. The summed E-state index contributed by atoms with van der Waals surface area (Å²) in [6.45, 7) is 3.24. The maximum Gasteiger partial charge on any atom is 0.176 e. The molecule has 1 heterocycles.